The maximum absolute atomic E-state index is 8.92. The Hall–Kier alpha value is -2.08. The predicted molar refractivity (Wildman–Crippen MR) is 57.2 cm³/mol. The largest absolute Gasteiger partial charge is 0.268 e. The van der Waals surface area contributed by atoms with Crippen molar-refractivity contribution in [1.82, 2.24) is 9.78 Å². The van der Waals surface area contributed by atoms with Crippen molar-refractivity contribution in [3.63, 3.8) is 0 Å². The van der Waals surface area contributed by atoms with Gasteiger partial charge in [-0.2, -0.15) is 10.4 Å². The van der Waals surface area contributed by atoms with Crippen LogP contribution in [-0.2, 0) is 6.54 Å². The topological polar surface area (TPSA) is 41.6 Å². The minimum absolute atomic E-state index is 0.650. The number of benzene rings is 1. The van der Waals surface area contributed by atoms with Gasteiger partial charge in [0.25, 0.3) is 0 Å². The number of aryl methyl sites for hydroxylation is 1. The minimum atomic E-state index is 0.650. The second-order valence-corrected chi connectivity index (χ2v) is 3.48. The van der Waals surface area contributed by atoms with Crippen molar-refractivity contribution in [3.05, 3.63) is 53.3 Å². The Morgan fingerprint density at radius 1 is 1.40 bits per heavy atom. The van der Waals surface area contributed by atoms with E-state index in [9.17, 15) is 0 Å². The minimum Gasteiger partial charge on any atom is -0.268 e. The average molecular weight is 197 g/mol. The zero-order valence-electron chi connectivity index (χ0n) is 8.51. The van der Waals surface area contributed by atoms with E-state index in [0.717, 1.165) is 11.1 Å². The summed E-state index contributed by atoms with van der Waals surface area (Å²) in [5.74, 6) is 0. The van der Waals surface area contributed by atoms with Crippen LogP contribution in [0.4, 0.5) is 0 Å². The first-order valence-corrected chi connectivity index (χ1v) is 4.76. The van der Waals surface area contributed by atoms with Gasteiger partial charge in [0.05, 0.1) is 24.4 Å². The molecule has 1 heterocycles. The van der Waals surface area contributed by atoms with Crippen LogP contribution in [0.15, 0.2) is 36.7 Å². The van der Waals surface area contributed by atoms with E-state index >= 15 is 0 Å². The average Bonchev–Trinajstić information content (AvgIpc) is 2.65. The molecule has 0 amide bonds. The van der Waals surface area contributed by atoms with Gasteiger partial charge in [-0.25, -0.2) is 0 Å². The van der Waals surface area contributed by atoms with Crippen LogP contribution in [0.3, 0.4) is 0 Å². The van der Waals surface area contributed by atoms with Gasteiger partial charge in [0, 0.05) is 6.20 Å². The van der Waals surface area contributed by atoms with Crippen molar-refractivity contribution in [3.8, 4) is 6.07 Å². The lowest BCUT2D eigenvalue weighted by atomic mass is 10.1. The molecule has 15 heavy (non-hydrogen) atoms. The van der Waals surface area contributed by atoms with E-state index in [1.165, 1.54) is 0 Å². The molecule has 0 aliphatic rings. The molecule has 3 nitrogen and oxygen atoms in total. The number of nitriles is 1. The maximum Gasteiger partial charge on any atom is 0.0995 e. The highest BCUT2D eigenvalue weighted by Crippen LogP contribution is 2.09. The number of hydrogen-bond acceptors (Lipinski definition) is 2. The van der Waals surface area contributed by atoms with E-state index < -0.39 is 0 Å². The summed E-state index contributed by atoms with van der Waals surface area (Å²) in [6.45, 7) is 2.65. The van der Waals surface area contributed by atoms with Gasteiger partial charge in [-0.3, -0.25) is 4.68 Å². The molecule has 0 saturated carbocycles. The smallest absolute Gasteiger partial charge is 0.0995 e. The molecule has 0 radical (unpaired) electrons. The van der Waals surface area contributed by atoms with Crippen molar-refractivity contribution in [1.29, 1.82) is 5.26 Å². The first-order chi connectivity index (χ1) is 7.29. The summed E-state index contributed by atoms with van der Waals surface area (Å²) in [5.41, 5.74) is 2.85. The van der Waals surface area contributed by atoms with E-state index in [1.54, 1.807) is 0 Å². The Labute approximate surface area is 88.6 Å². The summed E-state index contributed by atoms with van der Waals surface area (Å²) >= 11 is 0. The van der Waals surface area contributed by atoms with Gasteiger partial charge in [0.2, 0.25) is 0 Å². The molecule has 1 aromatic carbocycles. The van der Waals surface area contributed by atoms with Gasteiger partial charge >= 0.3 is 0 Å². The van der Waals surface area contributed by atoms with Gasteiger partial charge in [0.1, 0.15) is 0 Å². The molecule has 3 heteroatoms. The molecule has 0 unspecified atom stereocenters. The Morgan fingerprint density at radius 3 is 2.87 bits per heavy atom. The molecule has 0 saturated heterocycles. The zero-order chi connectivity index (χ0) is 10.7. The summed E-state index contributed by atoms with van der Waals surface area (Å²) in [5, 5.41) is 13.1. The molecule has 0 fully saturated rings. The van der Waals surface area contributed by atoms with Crippen molar-refractivity contribution in [2.24, 2.45) is 0 Å². The normalized spacial score (nSPS) is 9.87. The lowest BCUT2D eigenvalue weighted by molar-refractivity contribution is 0.685. The fourth-order valence-electron chi connectivity index (χ4n) is 1.50. The zero-order valence-corrected chi connectivity index (χ0v) is 8.51. The summed E-state index contributed by atoms with van der Waals surface area (Å²) in [4.78, 5) is 0. The number of hydrogen-bond donors (Lipinski definition) is 0. The van der Waals surface area contributed by atoms with Gasteiger partial charge in [0.15, 0.2) is 0 Å². The van der Waals surface area contributed by atoms with Crippen LogP contribution in [-0.4, -0.2) is 9.78 Å². The molecule has 0 atom stereocenters. The maximum atomic E-state index is 8.92. The van der Waals surface area contributed by atoms with Gasteiger partial charge in [-0.05, 0) is 24.1 Å². The summed E-state index contributed by atoms with van der Waals surface area (Å²) in [7, 11) is 0. The van der Waals surface area contributed by atoms with Gasteiger partial charge in [-0.1, -0.05) is 18.2 Å². The highest BCUT2D eigenvalue weighted by molar-refractivity contribution is 5.37. The molecule has 0 aliphatic heterocycles. The van der Waals surface area contributed by atoms with Crippen LogP contribution in [0.5, 0.6) is 0 Å². The Bertz CT molecular complexity index is 506. The van der Waals surface area contributed by atoms with Crippen LogP contribution >= 0.6 is 0 Å². The van der Waals surface area contributed by atoms with Gasteiger partial charge < -0.3 is 0 Å². The monoisotopic (exact) mass is 197 g/mol. The van der Waals surface area contributed by atoms with Crippen molar-refractivity contribution in [2.45, 2.75) is 13.5 Å². The molecule has 1 aromatic heterocycles. The molecule has 2 rings (SSSR count). The molecule has 0 N–H and O–H groups in total. The molecule has 2 aromatic rings. The van der Waals surface area contributed by atoms with E-state index in [1.807, 2.05) is 48.3 Å². The third-order valence-electron chi connectivity index (χ3n) is 2.23. The molecule has 0 spiro atoms. The Balaban J connectivity index is 2.28. The standard InChI is InChI=1S/C12H11N3/c1-10-7-14-15(8-10)9-12-5-3-2-4-11(12)6-13/h2-5,7-8H,9H2,1H3. The second-order valence-electron chi connectivity index (χ2n) is 3.48. The van der Waals surface area contributed by atoms with E-state index in [4.69, 9.17) is 5.26 Å². The van der Waals surface area contributed by atoms with Crippen LogP contribution in [0, 0.1) is 18.3 Å². The highest BCUT2D eigenvalue weighted by Gasteiger charge is 2.01. The quantitative estimate of drug-likeness (QED) is 0.739. The lowest BCUT2D eigenvalue weighted by Crippen LogP contribution is -2.01. The summed E-state index contributed by atoms with van der Waals surface area (Å²) in [6.07, 6.45) is 3.78. The number of rotatable bonds is 2. The summed E-state index contributed by atoms with van der Waals surface area (Å²) in [6, 6.07) is 9.77. The third-order valence-corrected chi connectivity index (χ3v) is 2.23. The van der Waals surface area contributed by atoms with E-state index in [-0.39, 0.29) is 0 Å². The third kappa shape index (κ3) is 2.05. The Kier molecular flexibility index (Phi) is 2.51. The molecular formula is C12H11N3. The fourth-order valence-corrected chi connectivity index (χ4v) is 1.50. The van der Waals surface area contributed by atoms with Crippen molar-refractivity contribution >= 4 is 0 Å². The van der Waals surface area contributed by atoms with Crippen LogP contribution < -0.4 is 0 Å². The second kappa shape index (κ2) is 3.97. The molecule has 0 aliphatic carbocycles. The van der Waals surface area contributed by atoms with Crippen molar-refractivity contribution in [2.75, 3.05) is 0 Å². The first kappa shape index (κ1) is 9.47. The number of aromatic nitrogens is 2. The van der Waals surface area contributed by atoms with E-state index in [2.05, 4.69) is 11.2 Å². The van der Waals surface area contributed by atoms with E-state index in [0.29, 0.717) is 12.1 Å². The summed E-state index contributed by atoms with van der Waals surface area (Å²) < 4.78 is 1.84. The fraction of sp³-hybridized carbons (Fsp3) is 0.167. The highest BCUT2D eigenvalue weighted by atomic mass is 15.3. The Morgan fingerprint density at radius 2 is 2.20 bits per heavy atom. The molecule has 74 valence electrons. The predicted octanol–water partition coefficient (Wildman–Crippen LogP) is 2.11. The first-order valence-electron chi connectivity index (χ1n) is 4.76. The van der Waals surface area contributed by atoms with Crippen LogP contribution in [0.2, 0.25) is 0 Å². The van der Waals surface area contributed by atoms with Crippen LogP contribution in [0.1, 0.15) is 16.7 Å². The van der Waals surface area contributed by atoms with Crippen LogP contribution in [0.25, 0.3) is 0 Å². The molecular weight excluding hydrogens is 186 g/mol. The SMILES string of the molecule is Cc1cnn(Cc2ccccc2C#N)c1. The van der Waals surface area contributed by atoms with Gasteiger partial charge in [-0.15, -0.1) is 0 Å². The lowest BCUT2D eigenvalue weighted by Gasteiger charge is -2.03. The van der Waals surface area contributed by atoms with Crippen molar-refractivity contribution < 1.29 is 0 Å². The molecule has 0 bridgehead atoms. The number of nitrogens with zero attached hydrogens (tertiary/aromatic N) is 3.